The zero-order chi connectivity index (χ0) is 18.6. The number of nitrogens with zero attached hydrogens (tertiary/aromatic N) is 2. The minimum atomic E-state index is -0.0603. The third-order valence-corrected chi connectivity index (χ3v) is 5.11. The second kappa shape index (κ2) is 7.66. The van der Waals surface area contributed by atoms with Crippen molar-refractivity contribution in [1.29, 1.82) is 0 Å². The zero-order valence-electron chi connectivity index (χ0n) is 15.3. The van der Waals surface area contributed by atoms with Gasteiger partial charge in [0, 0.05) is 17.7 Å². The number of benzene rings is 2. The van der Waals surface area contributed by atoms with Crippen LogP contribution in [0.15, 0.2) is 60.7 Å². The van der Waals surface area contributed by atoms with Crippen LogP contribution in [-0.2, 0) is 11.2 Å². The van der Waals surface area contributed by atoms with Crippen LogP contribution in [0, 0.1) is 0 Å². The Morgan fingerprint density at radius 2 is 1.78 bits per heavy atom. The maximum Gasteiger partial charge on any atom is 0.229 e. The summed E-state index contributed by atoms with van der Waals surface area (Å²) in [6.45, 7) is 0. The second-order valence-electron chi connectivity index (χ2n) is 7.15. The summed E-state index contributed by atoms with van der Waals surface area (Å²) in [5, 5.41) is 7.87. The monoisotopic (exact) mass is 360 g/mol. The van der Waals surface area contributed by atoms with Crippen molar-refractivity contribution < 1.29 is 4.79 Å². The first-order chi connectivity index (χ1) is 13.2. The fourth-order valence-corrected chi connectivity index (χ4v) is 3.68. The van der Waals surface area contributed by atoms with Crippen LogP contribution in [0.25, 0.3) is 5.69 Å². The van der Waals surface area contributed by atoms with Crippen LogP contribution in [0.4, 0.5) is 11.5 Å². The number of carbonyl (C=O) groups is 1. The molecule has 4 rings (SSSR count). The smallest absolute Gasteiger partial charge is 0.229 e. The largest absolute Gasteiger partial charge is 0.399 e. The Balaban J connectivity index is 1.58. The molecule has 1 aromatic heterocycles. The Kier molecular flexibility index (Phi) is 4.92. The van der Waals surface area contributed by atoms with Gasteiger partial charge in [0.25, 0.3) is 0 Å². The molecule has 2 aromatic carbocycles. The highest BCUT2D eigenvalue weighted by Gasteiger charge is 2.22. The number of hydrogen-bond acceptors (Lipinski definition) is 3. The van der Waals surface area contributed by atoms with E-state index in [0.717, 1.165) is 22.8 Å². The Morgan fingerprint density at radius 1 is 1.07 bits per heavy atom. The van der Waals surface area contributed by atoms with Gasteiger partial charge in [-0.15, -0.1) is 0 Å². The third kappa shape index (κ3) is 4.03. The Bertz CT molecular complexity index is 909. The first-order valence-electron chi connectivity index (χ1n) is 9.49. The molecule has 27 heavy (non-hydrogen) atoms. The van der Waals surface area contributed by atoms with E-state index in [9.17, 15) is 4.79 Å². The molecule has 1 fully saturated rings. The summed E-state index contributed by atoms with van der Waals surface area (Å²) in [5.41, 5.74) is 9.36. The van der Waals surface area contributed by atoms with Crippen molar-refractivity contribution in [2.45, 2.75) is 38.0 Å². The van der Waals surface area contributed by atoms with E-state index >= 15 is 0 Å². The fraction of sp³-hybridized carbons (Fsp3) is 0.273. The highest BCUT2D eigenvalue weighted by Crippen LogP contribution is 2.35. The first kappa shape index (κ1) is 17.3. The van der Waals surface area contributed by atoms with E-state index in [2.05, 4.69) is 5.32 Å². The van der Waals surface area contributed by atoms with Gasteiger partial charge in [-0.1, -0.05) is 43.2 Å². The summed E-state index contributed by atoms with van der Waals surface area (Å²) in [4.78, 5) is 12.6. The molecule has 0 spiro atoms. The summed E-state index contributed by atoms with van der Waals surface area (Å²) in [6, 6.07) is 19.4. The van der Waals surface area contributed by atoms with Crippen molar-refractivity contribution in [2.75, 3.05) is 11.1 Å². The molecule has 1 aliphatic carbocycles. The number of amides is 1. The molecule has 0 saturated heterocycles. The number of rotatable bonds is 5. The van der Waals surface area contributed by atoms with Crippen molar-refractivity contribution in [3.8, 4) is 5.69 Å². The van der Waals surface area contributed by atoms with Crippen molar-refractivity contribution in [3.05, 3.63) is 71.9 Å². The van der Waals surface area contributed by atoms with Crippen molar-refractivity contribution in [3.63, 3.8) is 0 Å². The normalized spacial score (nSPS) is 14.4. The van der Waals surface area contributed by atoms with Gasteiger partial charge in [0.1, 0.15) is 5.82 Å². The standard InChI is InChI=1S/C22H24N4O/c23-18-12-10-16(11-13-18)14-22(27)24-21-15-20(17-6-4-5-7-17)25-26(21)19-8-2-1-3-9-19/h1-3,8-13,15,17H,4-7,14,23H2,(H,24,27). The number of nitrogens with one attached hydrogen (secondary N) is 1. The van der Waals surface area contributed by atoms with E-state index in [1.165, 1.54) is 25.7 Å². The van der Waals surface area contributed by atoms with Crippen molar-refractivity contribution in [1.82, 2.24) is 9.78 Å². The zero-order valence-corrected chi connectivity index (χ0v) is 15.3. The van der Waals surface area contributed by atoms with Crippen LogP contribution in [0.3, 0.4) is 0 Å². The topological polar surface area (TPSA) is 72.9 Å². The van der Waals surface area contributed by atoms with E-state index in [1.807, 2.05) is 65.3 Å². The molecule has 0 atom stereocenters. The summed E-state index contributed by atoms with van der Waals surface area (Å²) in [7, 11) is 0. The molecule has 1 aliphatic rings. The molecule has 0 unspecified atom stereocenters. The molecule has 1 heterocycles. The summed E-state index contributed by atoms with van der Waals surface area (Å²) < 4.78 is 1.84. The molecular weight excluding hydrogens is 336 g/mol. The molecule has 0 bridgehead atoms. The Labute approximate surface area is 159 Å². The maximum absolute atomic E-state index is 12.6. The van der Waals surface area contributed by atoms with Gasteiger partial charge in [-0.05, 0) is 42.7 Å². The number of nitrogen functional groups attached to an aromatic ring is 1. The molecule has 0 aliphatic heterocycles. The third-order valence-electron chi connectivity index (χ3n) is 5.11. The van der Waals surface area contributed by atoms with Crippen LogP contribution < -0.4 is 11.1 Å². The average Bonchev–Trinajstić information content (AvgIpc) is 3.34. The molecule has 5 nitrogen and oxygen atoms in total. The van der Waals surface area contributed by atoms with Gasteiger partial charge in [-0.25, -0.2) is 4.68 Å². The molecule has 1 amide bonds. The predicted molar refractivity (Wildman–Crippen MR) is 108 cm³/mol. The summed E-state index contributed by atoms with van der Waals surface area (Å²) in [6.07, 6.45) is 5.15. The minimum Gasteiger partial charge on any atom is -0.399 e. The lowest BCUT2D eigenvalue weighted by Crippen LogP contribution is -2.17. The lowest BCUT2D eigenvalue weighted by Gasteiger charge is -2.09. The van der Waals surface area contributed by atoms with Gasteiger partial charge >= 0.3 is 0 Å². The van der Waals surface area contributed by atoms with Gasteiger partial charge in [0.2, 0.25) is 5.91 Å². The van der Waals surface area contributed by atoms with Crippen LogP contribution in [0.1, 0.15) is 42.9 Å². The van der Waals surface area contributed by atoms with Gasteiger partial charge < -0.3 is 11.1 Å². The highest BCUT2D eigenvalue weighted by molar-refractivity contribution is 5.91. The van der Waals surface area contributed by atoms with E-state index in [4.69, 9.17) is 10.8 Å². The molecule has 1 saturated carbocycles. The predicted octanol–water partition coefficient (Wildman–Crippen LogP) is 4.29. The number of nitrogens with two attached hydrogens (primary N) is 1. The number of hydrogen-bond donors (Lipinski definition) is 2. The number of carbonyl (C=O) groups excluding carboxylic acids is 1. The quantitative estimate of drug-likeness (QED) is 0.667. The lowest BCUT2D eigenvalue weighted by atomic mass is 10.0. The summed E-state index contributed by atoms with van der Waals surface area (Å²) >= 11 is 0. The minimum absolute atomic E-state index is 0.0603. The van der Waals surface area contributed by atoms with Crippen LogP contribution >= 0.6 is 0 Å². The Morgan fingerprint density at radius 3 is 2.48 bits per heavy atom. The van der Waals surface area contributed by atoms with E-state index in [0.29, 0.717) is 18.0 Å². The van der Waals surface area contributed by atoms with Gasteiger partial charge in [0.05, 0.1) is 17.8 Å². The summed E-state index contributed by atoms with van der Waals surface area (Å²) in [5.74, 6) is 1.15. The van der Waals surface area contributed by atoms with Gasteiger partial charge in [-0.3, -0.25) is 4.79 Å². The number of anilines is 2. The molecule has 5 heteroatoms. The van der Waals surface area contributed by atoms with Crippen molar-refractivity contribution >= 4 is 17.4 Å². The van der Waals surface area contributed by atoms with Crippen LogP contribution in [0.2, 0.25) is 0 Å². The lowest BCUT2D eigenvalue weighted by molar-refractivity contribution is -0.115. The van der Waals surface area contributed by atoms with Crippen LogP contribution in [-0.4, -0.2) is 15.7 Å². The van der Waals surface area contributed by atoms with Crippen molar-refractivity contribution in [2.24, 2.45) is 0 Å². The van der Waals surface area contributed by atoms with Gasteiger partial charge in [-0.2, -0.15) is 5.10 Å². The van der Waals surface area contributed by atoms with Crippen LogP contribution in [0.5, 0.6) is 0 Å². The molecular formula is C22H24N4O. The average molecular weight is 360 g/mol. The first-order valence-corrected chi connectivity index (χ1v) is 9.49. The van der Waals surface area contributed by atoms with E-state index in [-0.39, 0.29) is 5.91 Å². The molecule has 3 N–H and O–H groups in total. The number of para-hydroxylation sites is 1. The molecule has 3 aromatic rings. The fourth-order valence-electron chi connectivity index (χ4n) is 3.68. The second-order valence-corrected chi connectivity index (χ2v) is 7.15. The number of aromatic nitrogens is 2. The maximum atomic E-state index is 12.6. The molecule has 138 valence electrons. The Hall–Kier alpha value is -3.08. The highest BCUT2D eigenvalue weighted by atomic mass is 16.1. The van der Waals surface area contributed by atoms with Gasteiger partial charge in [0.15, 0.2) is 0 Å². The van der Waals surface area contributed by atoms with E-state index in [1.54, 1.807) is 0 Å². The molecule has 0 radical (unpaired) electrons. The SMILES string of the molecule is Nc1ccc(CC(=O)Nc2cc(C3CCCC3)nn2-c2ccccc2)cc1. The van der Waals surface area contributed by atoms with E-state index < -0.39 is 0 Å².